The summed E-state index contributed by atoms with van der Waals surface area (Å²) in [6, 6.07) is 9.32. The molecule has 0 bridgehead atoms. The van der Waals surface area contributed by atoms with Gasteiger partial charge >= 0.3 is 0 Å². The molecule has 1 aliphatic heterocycles. The highest BCUT2D eigenvalue weighted by molar-refractivity contribution is 7.20. The quantitative estimate of drug-likeness (QED) is 0.488. The number of thiazole rings is 1. The van der Waals surface area contributed by atoms with Gasteiger partial charge in [-0.25, -0.2) is 13.8 Å². The number of hydrogen-bond acceptors (Lipinski definition) is 5. The Labute approximate surface area is 180 Å². The lowest BCUT2D eigenvalue weighted by atomic mass is 9.85. The fourth-order valence-electron chi connectivity index (χ4n) is 4.02. The van der Waals surface area contributed by atoms with Crippen LogP contribution < -0.4 is 10.1 Å². The molecule has 0 radical (unpaired) electrons. The smallest absolute Gasteiger partial charge is 0.226 e. The minimum Gasteiger partial charge on any atom is -0.494 e. The Kier molecular flexibility index (Phi) is 4.70. The third-order valence-corrected chi connectivity index (χ3v) is 6.29. The molecule has 2 aromatic heterocycles. The standard InChI is InChI=1S/C22H18F2N4O2S/c1-3-30-12-7-8-16-17(9-12)31-22(25-16)28-21-19(11(2)27-28)13(10-18(29)26-21)20-14(23)5-4-6-15(20)24/h4-9,13H,3,10H2,1-2H3,(H,26,29). The van der Waals surface area contributed by atoms with Gasteiger partial charge < -0.3 is 10.1 Å². The van der Waals surface area contributed by atoms with Gasteiger partial charge in [0.15, 0.2) is 0 Å². The van der Waals surface area contributed by atoms with Gasteiger partial charge in [-0.2, -0.15) is 9.78 Å². The lowest BCUT2D eigenvalue weighted by molar-refractivity contribution is -0.116. The number of fused-ring (bicyclic) bond motifs is 2. The summed E-state index contributed by atoms with van der Waals surface area (Å²) in [5.41, 5.74) is 1.82. The summed E-state index contributed by atoms with van der Waals surface area (Å²) in [5, 5.41) is 7.93. The van der Waals surface area contributed by atoms with Crippen molar-refractivity contribution in [2.75, 3.05) is 11.9 Å². The second kappa shape index (κ2) is 7.42. The zero-order valence-corrected chi connectivity index (χ0v) is 17.6. The highest BCUT2D eigenvalue weighted by Crippen LogP contribution is 2.42. The molecule has 9 heteroatoms. The van der Waals surface area contributed by atoms with Crippen LogP contribution in [0, 0.1) is 18.6 Å². The van der Waals surface area contributed by atoms with E-state index in [4.69, 9.17) is 4.74 Å². The molecule has 1 unspecified atom stereocenters. The Hall–Kier alpha value is -3.33. The third kappa shape index (κ3) is 3.25. The largest absolute Gasteiger partial charge is 0.494 e. The Bertz CT molecular complexity index is 1310. The normalized spacial score (nSPS) is 15.7. The number of carbonyl (C=O) groups is 1. The summed E-state index contributed by atoms with van der Waals surface area (Å²) in [4.78, 5) is 17.1. The van der Waals surface area contributed by atoms with Crippen molar-refractivity contribution in [2.45, 2.75) is 26.2 Å². The van der Waals surface area contributed by atoms with E-state index < -0.39 is 17.6 Å². The van der Waals surface area contributed by atoms with Crippen molar-refractivity contribution in [2.24, 2.45) is 0 Å². The molecule has 0 fully saturated rings. The number of nitrogens with one attached hydrogen (secondary N) is 1. The number of benzene rings is 2. The van der Waals surface area contributed by atoms with Gasteiger partial charge in [0.25, 0.3) is 0 Å². The number of amides is 1. The van der Waals surface area contributed by atoms with Crippen molar-refractivity contribution < 1.29 is 18.3 Å². The van der Waals surface area contributed by atoms with Crippen LogP contribution in [0.15, 0.2) is 36.4 Å². The molecule has 5 rings (SSSR count). The van der Waals surface area contributed by atoms with Crippen LogP contribution in [0.2, 0.25) is 0 Å². The first-order valence-corrected chi connectivity index (χ1v) is 10.6. The molecule has 158 valence electrons. The van der Waals surface area contributed by atoms with Gasteiger partial charge in [0.1, 0.15) is 23.2 Å². The molecule has 1 N–H and O–H groups in total. The number of hydrogen-bond donors (Lipinski definition) is 1. The first-order valence-electron chi connectivity index (χ1n) is 9.83. The van der Waals surface area contributed by atoms with E-state index in [1.54, 1.807) is 11.6 Å². The van der Waals surface area contributed by atoms with E-state index in [1.807, 2.05) is 25.1 Å². The van der Waals surface area contributed by atoms with Crippen LogP contribution in [-0.4, -0.2) is 27.3 Å². The first-order chi connectivity index (χ1) is 15.0. The molecule has 1 amide bonds. The fraction of sp³-hybridized carbons (Fsp3) is 0.227. The second-order valence-electron chi connectivity index (χ2n) is 7.26. The lowest BCUT2D eigenvalue weighted by Gasteiger charge is -2.24. The maximum Gasteiger partial charge on any atom is 0.226 e. The molecule has 0 spiro atoms. The molecule has 1 atom stereocenters. The number of anilines is 1. The van der Waals surface area contributed by atoms with Gasteiger partial charge in [-0.15, -0.1) is 0 Å². The number of halogens is 2. The molecular weight excluding hydrogens is 422 g/mol. The van der Waals surface area contributed by atoms with Crippen molar-refractivity contribution >= 4 is 33.3 Å². The Morgan fingerprint density at radius 1 is 1.23 bits per heavy atom. The number of carbonyl (C=O) groups excluding carboxylic acids is 1. The summed E-state index contributed by atoms with van der Waals surface area (Å²) in [6.07, 6.45) is -0.0606. The van der Waals surface area contributed by atoms with E-state index in [0.29, 0.717) is 28.8 Å². The fourth-order valence-corrected chi connectivity index (χ4v) is 4.97. The maximum atomic E-state index is 14.5. The highest BCUT2D eigenvalue weighted by Gasteiger charge is 2.36. The van der Waals surface area contributed by atoms with Crippen LogP contribution in [0.25, 0.3) is 15.3 Å². The van der Waals surface area contributed by atoms with E-state index >= 15 is 0 Å². The van der Waals surface area contributed by atoms with E-state index in [0.717, 1.165) is 16.0 Å². The molecule has 6 nitrogen and oxygen atoms in total. The van der Waals surface area contributed by atoms with Crippen LogP contribution in [0.3, 0.4) is 0 Å². The predicted octanol–water partition coefficient (Wildman–Crippen LogP) is 4.94. The molecular formula is C22H18F2N4O2S. The van der Waals surface area contributed by atoms with Gasteiger partial charge in [0.05, 0.1) is 22.5 Å². The van der Waals surface area contributed by atoms with Crippen molar-refractivity contribution in [3.05, 3.63) is 64.9 Å². The molecule has 0 saturated carbocycles. The molecule has 0 saturated heterocycles. The summed E-state index contributed by atoms with van der Waals surface area (Å²) < 4.78 is 37.1. The molecule has 1 aliphatic rings. The highest BCUT2D eigenvalue weighted by atomic mass is 32.1. The number of nitrogens with zero attached hydrogens (tertiary/aromatic N) is 3. The molecule has 3 heterocycles. The Morgan fingerprint density at radius 3 is 2.74 bits per heavy atom. The number of rotatable bonds is 4. The summed E-state index contributed by atoms with van der Waals surface area (Å²) in [7, 11) is 0. The van der Waals surface area contributed by atoms with E-state index in [9.17, 15) is 13.6 Å². The number of ether oxygens (including phenoxy) is 1. The van der Waals surface area contributed by atoms with Crippen molar-refractivity contribution in [1.82, 2.24) is 14.8 Å². The third-order valence-electron chi connectivity index (χ3n) is 5.29. The monoisotopic (exact) mass is 440 g/mol. The summed E-state index contributed by atoms with van der Waals surface area (Å²) in [6.45, 7) is 4.24. The van der Waals surface area contributed by atoms with E-state index in [1.165, 1.54) is 29.5 Å². The number of aromatic nitrogens is 3. The summed E-state index contributed by atoms with van der Waals surface area (Å²) >= 11 is 1.39. The predicted molar refractivity (Wildman–Crippen MR) is 114 cm³/mol. The van der Waals surface area contributed by atoms with Crippen molar-refractivity contribution in [3.63, 3.8) is 0 Å². The molecule has 0 aliphatic carbocycles. The second-order valence-corrected chi connectivity index (χ2v) is 8.27. The average Bonchev–Trinajstić information content (AvgIpc) is 3.28. The van der Waals surface area contributed by atoms with E-state index in [2.05, 4.69) is 15.4 Å². The first kappa shape index (κ1) is 19.6. The van der Waals surface area contributed by atoms with Gasteiger partial charge in [0.2, 0.25) is 11.0 Å². The van der Waals surface area contributed by atoms with Crippen LogP contribution in [0.1, 0.15) is 36.1 Å². The minimum atomic E-state index is -0.766. The van der Waals surface area contributed by atoms with Crippen LogP contribution >= 0.6 is 11.3 Å². The van der Waals surface area contributed by atoms with Gasteiger partial charge in [0, 0.05) is 23.5 Å². The van der Waals surface area contributed by atoms with Crippen molar-refractivity contribution in [1.29, 1.82) is 0 Å². The maximum absolute atomic E-state index is 14.5. The number of aryl methyl sites for hydroxylation is 1. The Morgan fingerprint density at radius 2 is 2.00 bits per heavy atom. The SMILES string of the molecule is CCOc1ccc2nc(-n3nc(C)c4c3NC(=O)CC4c3c(F)cccc3F)sc2c1. The van der Waals surface area contributed by atoms with Gasteiger partial charge in [-0.3, -0.25) is 4.79 Å². The molecule has 4 aromatic rings. The Balaban J connectivity index is 1.65. The molecule has 2 aromatic carbocycles. The van der Waals surface area contributed by atoms with Gasteiger partial charge in [-0.1, -0.05) is 17.4 Å². The van der Waals surface area contributed by atoms with Crippen LogP contribution in [0.5, 0.6) is 5.75 Å². The van der Waals surface area contributed by atoms with Gasteiger partial charge in [-0.05, 0) is 44.2 Å². The van der Waals surface area contributed by atoms with Crippen molar-refractivity contribution in [3.8, 4) is 10.9 Å². The average molecular weight is 440 g/mol. The topological polar surface area (TPSA) is 69.0 Å². The lowest BCUT2D eigenvalue weighted by Crippen LogP contribution is -2.26. The zero-order chi connectivity index (χ0) is 21.7. The molecule has 31 heavy (non-hydrogen) atoms. The zero-order valence-electron chi connectivity index (χ0n) is 16.8. The van der Waals surface area contributed by atoms with Crippen LogP contribution in [-0.2, 0) is 4.79 Å². The summed E-state index contributed by atoms with van der Waals surface area (Å²) in [5.74, 6) is -1.32. The van der Waals surface area contributed by atoms with Crippen LogP contribution in [0.4, 0.5) is 14.6 Å². The van der Waals surface area contributed by atoms with E-state index in [-0.39, 0.29) is 17.9 Å². The minimum absolute atomic E-state index is 0.0606.